The SMILES string of the molecule is Cc1ccccc1C(=O)N[C@@H]1CCCCC1NC(=O)C1CCN(C(=O)c2ccc(C(F)(F)F)cc2)CC1. The molecule has 1 saturated carbocycles. The van der Waals surface area contributed by atoms with E-state index in [4.69, 9.17) is 0 Å². The van der Waals surface area contributed by atoms with E-state index in [0.717, 1.165) is 43.4 Å². The van der Waals surface area contributed by atoms with Crippen LogP contribution in [-0.2, 0) is 11.0 Å². The van der Waals surface area contributed by atoms with E-state index in [1.165, 1.54) is 12.1 Å². The molecule has 1 aliphatic heterocycles. The molecule has 1 saturated heterocycles. The van der Waals surface area contributed by atoms with Crippen LogP contribution in [0.1, 0.15) is 70.4 Å². The molecule has 0 bridgehead atoms. The van der Waals surface area contributed by atoms with Crippen molar-refractivity contribution in [3.8, 4) is 0 Å². The fourth-order valence-electron chi connectivity index (χ4n) is 5.18. The van der Waals surface area contributed by atoms with Crippen molar-refractivity contribution in [1.29, 1.82) is 0 Å². The molecule has 37 heavy (non-hydrogen) atoms. The van der Waals surface area contributed by atoms with Crippen LogP contribution in [0.25, 0.3) is 0 Å². The van der Waals surface area contributed by atoms with Crippen molar-refractivity contribution in [3.63, 3.8) is 0 Å². The number of benzene rings is 2. The molecule has 1 heterocycles. The highest BCUT2D eigenvalue weighted by atomic mass is 19.4. The Morgan fingerprint density at radius 3 is 2.03 bits per heavy atom. The molecule has 2 aliphatic rings. The first-order valence-corrected chi connectivity index (χ1v) is 12.8. The van der Waals surface area contributed by atoms with Gasteiger partial charge in [-0.2, -0.15) is 13.2 Å². The Kier molecular flexibility index (Phi) is 8.19. The van der Waals surface area contributed by atoms with E-state index in [1.807, 2.05) is 25.1 Å². The number of nitrogens with one attached hydrogen (secondary N) is 2. The fourth-order valence-corrected chi connectivity index (χ4v) is 5.18. The van der Waals surface area contributed by atoms with Crippen LogP contribution in [0.5, 0.6) is 0 Å². The minimum atomic E-state index is -4.45. The van der Waals surface area contributed by atoms with Crippen molar-refractivity contribution in [2.75, 3.05) is 13.1 Å². The van der Waals surface area contributed by atoms with E-state index in [-0.39, 0.29) is 41.3 Å². The molecular formula is C28H32F3N3O3. The third-order valence-corrected chi connectivity index (χ3v) is 7.41. The van der Waals surface area contributed by atoms with Gasteiger partial charge in [0.2, 0.25) is 5.91 Å². The molecule has 2 aromatic carbocycles. The lowest BCUT2D eigenvalue weighted by molar-refractivity contribution is -0.137. The minimum Gasteiger partial charge on any atom is -0.351 e. The van der Waals surface area contributed by atoms with Crippen LogP contribution >= 0.6 is 0 Å². The second-order valence-electron chi connectivity index (χ2n) is 9.94. The zero-order valence-corrected chi connectivity index (χ0v) is 20.8. The second kappa shape index (κ2) is 11.4. The topological polar surface area (TPSA) is 78.5 Å². The van der Waals surface area contributed by atoms with Crippen LogP contribution in [0.4, 0.5) is 13.2 Å². The van der Waals surface area contributed by atoms with Gasteiger partial charge in [-0.05, 0) is 68.5 Å². The third-order valence-electron chi connectivity index (χ3n) is 7.41. The summed E-state index contributed by atoms with van der Waals surface area (Å²) in [6.45, 7) is 2.61. The number of rotatable bonds is 5. The van der Waals surface area contributed by atoms with Gasteiger partial charge in [-0.3, -0.25) is 14.4 Å². The van der Waals surface area contributed by atoms with Gasteiger partial charge in [-0.25, -0.2) is 0 Å². The van der Waals surface area contributed by atoms with Crippen LogP contribution in [0.15, 0.2) is 48.5 Å². The Hall–Kier alpha value is -3.36. The van der Waals surface area contributed by atoms with Crippen LogP contribution in [0, 0.1) is 12.8 Å². The van der Waals surface area contributed by atoms with Gasteiger partial charge in [0.1, 0.15) is 0 Å². The summed E-state index contributed by atoms with van der Waals surface area (Å²) >= 11 is 0. The van der Waals surface area contributed by atoms with Crippen LogP contribution in [-0.4, -0.2) is 47.8 Å². The number of carbonyl (C=O) groups is 3. The first-order valence-electron chi connectivity index (χ1n) is 12.8. The fraction of sp³-hybridized carbons (Fsp3) is 0.464. The molecule has 0 aromatic heterocycles. The molecule has 2 fully saturated rings. The first-order chi connectivity index (χ1) is 17.6. The lowest BCUT2D eigenvalue weighted by Gasteiger charge is -2.36. The predicted molar refractivity (Wildman–Crippen MR) is 133 cm³/mol. The Morgan fingerprint density at radius 2 is 1.43 bits per heavy atom. The standard InChI is InChI=1S/C28H32F3N3O3/c1-18-6-2-3-7-22(18)26(36)33-24-9-5-4-8-23(24)32-25(35)19-14-16-34(17-15-19)27(37)20-10-12-21(13-11-20)28(29,30)31/h2-3,6-7,10-13,19,23-24H,4-5,8-9,14-17H2,1H3,(H,32,35)(H,33,36)/t23?,24-/m1/s1. The number of piperidine rings is 1. The molecule has 198 valence electrons. The van der Waals surface area contributed by atoms with E-state index >= 15 is 0 Å². The van der Waals surface area contributed by atoms with Crippen LogP contribution in [0.3, 0.4) is 0 Å². The van der Waals surface area contributed by atoms with Gasteiger partial charge in [-0.15, -0.1) is 0 Å². The van der Waals surface area contributed by atoms with E-state index in [2.05, 4.69) is 10.6 Å². The van der Waals surface area contributed by atoms with Gasteiger partial charge < -0.3 is 15.5 Å². The van der Waals surface area contributed by atoms with Gasteiger partial charge in [0.25, 0.3) is 11.8 Å². The number of amides is 3. The van der Waals surface area contributed by atoms with Gasteiger partial charge in [-0.1, -0.05) is 31.0 Å². The molecule has 3 amide bonds. The quantitative estimate of drug-likeness (QED) is 0.605. The molecule has 9 heteroatoms. The number of carbonyl (C=O) groups excluding carboxylic acids is 3. The van der Waals surface area contributed by atoms with Gasteiger partial charge in [0.15, 0.2) is 0 Å². The lowest BCUT2D eigenvalue weighted by atomic mass is 9.88. The summed E-state index contributed by atoms with van der Waals surface area (Å²) in [5.74, 6) is -0.812. The van der Waals surface area contributed by atoms with Crippen LogP contribution < -0.4 is 10.6 Å². The Balaban J connectivity index is 1.30. The molecule has 6 nitrogen and oxygen atoms in total. The molecule has 0 radical (unpaired) electrons. The number of hydrogen-bond acceptors (Lipinski definition) is 3. The molecule has 1 unspecified atom stereocenters. The predicted octanol–water partition coefficient (Wildman–Crippen LogP) is 4.72. The molecule has 4 rings (SSSR count). The van der Waals surface area contributed by atoms with E-state index in [1.54, 1.807) is 11.0 Å². The number of halogens is 3. The molecule has 1 aliphatic carbocycles. The molecule has 2 atom stereocenters. The second-order valence-corrected chi connectivity index (χ2v) is 9.94. The van der Waals surface area contributed by atoms with Gasteiger partial charge >= 0.3 is 6.18 Å². The molecule has 2 aromatic rings. The van der Waals surface area contributed by atoms with E-state index < -0.39 is 11.7 Å². The molecule has 2 N–H and O–H groups in total. The van der Waals surface area contributed by atoms with Crippen LogP contribution in [0.2, 0.25) is 0 Å². The van der Waals surface area contributed by atoms with Crippen molar-refractivity contribution in [2.24, 2.45) is 5.92 Å². The average molecular weight is 516 g/mol. The van der Waals surface area contributed by atoms with Crippen molar-refractivity contribution >= 4 is 17.7 Å². The number of likely N-dealkylation sites (tertiary alicyclic amines) is 1. The Morgan fingerprint density at radius 1 is 0.838 bits per heavy atom. The minimum absolute atomic E-state index is 0.0799. The van der Waals surface area contributed by atoms with Gasteiger partial charge in [0, 0.05) is 42.2 Å². The summed E-state index contributed by atoms with van der Waals surface area (Å²) in [5, 5.41) is 6.25. The van der Waals surface area contributed by atoms with Crippen molar-refractivity contribution in [2.45, 2.75) is 63.7 Å². The summed E-state index contributed by atoms with van der Waals surface area (Å²) in [6.07, 6.45) is 0.0416. The lowest BCUT2D eigenvalue weighted by Crippen LogP contribution is -2.55. The summed E-state index contributed by atoms with van der Waals surface area (Å²) in [4.78, 5) is 40.2. The number of hydrogen-bond donors (Lipinski definition) is 2. The number of aryl methyl sites for hydroxylation is 1. The number of nitrogens with zero attached hydrogens (tertiary/aromatic N) is 1. The highest BCUT2D eigenvalue weighted by Crippen LogP contribution is 2.29. The summed E-state index contributed by atoms with van der Waals surface area (Å²) in [7, 11) is 0. The highest BCUT2D eigenvalue weighted by molar-refractivity contribution is 5.96. The average Bonchev–Trinajstić information content (AvgIpc) is 2.89. The maximum Gasteiger partial charge on any atom is 0.416 e. The highest BCUT2D eigenvalue weighted by Gasteiger charge is 2.34. The Labute approximate surface area is 214 Å². The molecular weight excluding hydrogens is 483 g/mol. The largest absolute Gasteiger partial charge is 0.416 e. The summed E-state index contributed by atoms with van der Waals surface area (Å²) < 4.78 is 38.4. The summed E-state index contributed by atoms with van der Waals surface area (Å²) in [5.41, 5.74) is 0.929. The van der Waals surface area contributed by atoms with E-state index in [0.29, 0.717) is 31.5 Å². The maximum atomic E-state index is 13.1. The Bertz CT molecular complexity index is 1130. The van der Waals surface area contributed by atoms with Gasteiger partial charge in [0.05, 0.1) is 5.56 Å². The normalized spacial score (nSPS) is 20.8. The molecule has 0 spiro atoms. The van der Waals surface area contributed by atoms with Crippen molar-refractivity contribution in [1.82, 2.24) is 15.5 Å². The van der Waals surface area contributed by atoms with Crippen molar-refractivity contribution < 1.29 is 27.6 Å². The zero-order valence-electron chi connectivity index (χ0n) is 20.8. The first kappa shape index (κ1) is 26.7. The summed E-state index contributed by atoms with van der Waals surface area (Å²) in [6, 6.07) is 11.3. The monoisotopic (exact) mass is 515 g/mol. The smallest absolute Gasteiger partial charge is 0.351 e. The van der Waals surface area contributed by atoms with Crippen molar-refractivity contribution in [3.05, 3.63) is 70.8 Å². The number of alkyl halides is 3. The third kappa shape index (κ3) is 6.50. The zero-order chi connectivity index (χ0) is 26.6. The maximum absolute atomic E-state index is 13.1. The van der Waals surface area contributed by atoms with E-state index in [9.17, 15) is 27.6 Å².